The third-order valence-electron chi connectivity index (χ3n) is 4.03. The lowest BCUT2D eigenvalue weighted by Crippen LogP contribution is -2.33. The van der Waals surface area contributed by atoms with Gasteiger partial charge >= 0.3 is 5.97 Å². The molecule has 1 fully saturated rings. The number of amides is 1. The Morgan fingerprint density at radius 2 is 2.14 bits per heavy atom. The zero-order valence-corrected chi connectivity index (χ0v) is 12.5. The highest BCUT2D eigenvalue weighted by Gasteiger charge is 2.31. The second-order valence-corrected chi connectivity index (χ2v) is 5.98. The van der Waals surface area contributed by atoms with Crippen LogP contribution in [0.15, 0.2) is 30.5 Å². The van der Waals surface area contributed by atoms with Gasteiger partial charge in [-0.05, 0) is 37.5 Å². The number of nitrogens with one attached hydrogen (secondary N) is 1. The van der Waals surface area contributed by atoms with E-state index in [2.05, 4.69) is 10.3 Å². The van der Waals surface area contributed by atoms with Crippen LogP contribution < -0.4 is 5.32 Å². The summed E-state index contributed by atoms with van der Waals surface area (Å²) in [4.78, 5) is 27.7. The molecule has 1 aliphatic carbocycles. The van der Waals surface area contributed by atoms with Crippen molar-refractivity contribution in [2.24, 2.45) is 5.92 Å². The molecule has 0 aliphatic heterocycles. The number of carboxylic acid groups (broad SMARTS) is 1. The van der Waals surface area contributed by atoms with Gasteiger partial charge in [-0.15, -0.1) is 0 Å². The molecule has 0 saturated heterocycles. The van der Waals surface area contributed by atoms with Crippen molar-refractivity contribution < 1.29 is 14.7 Å². The summed E-state index contributed by atoms with van der Waals surface area (Å²) in [5.41, 5.74) is 1.01. The molecule has 0 spiro atoms. The Kier molecular flexibility index (Phi) is 3.98. The highest BCUT2D eigenvalue weighted by Crippen LogP contribution is 2.27. The SMILES string of the molecule is O=C(N[C@H]1CC[C@@H](C(=O)O)C1)c1cc(Cl)cc2cccnc12. The maximum Gasteiger partial charge on any atom is 0.306 e. The van der Waals surface area contributed by atoms with Crippen LogP contribution in [0.1, 0.15) is 29.6 Å². The first-order valence-electron chi connectivity index (χ1n) is 7.12. The summed E-state index contributed by atoms with van der Waals surface area (Å²) in [6.45, 7) is 0. The minimum atomic E-state index is -0.799. The van der Waals surface area contributed by atoms with E-state index in [-0.39, 0.29) is 17.9 Å². The maximum absolute atomic E-state index is 12.5. The molecule has 2 N–H and O–H groups in total. The van der Waals surface area contributed by atoms with Crippen LogP contribution in [-0.4, -0.2) is 28.0 Å². The Balaban J connectivity index is 1.83. The predicted molar refractivity (Wildman–Crippen MR) is 83.0 cm³/mol. The summed E-state index contributed by atoms with van der Waals surface area (Å²) in [5.74, 6) is -1.44. The van der Waals surface area contributed by atoms with E-state index in [0.29, 0.717) is 35.4 Å². The molecule has 1 aliphatic rings. The van der Waals surface area contributed by atoms with E-state index < -0.39 is 5.97 Å². The van der Waals surface area contributed by atoms with Gasteiger partial charge in [0.2, 0.25) is 0 Å². The van der Waals surface area contributed by atoms with Crippen molar-refractivity contribution in [3.05, 3.63) is 41.0 Å². The standard InChI is InChI=1S/C16H15ClN2O3/c17-11-6-9-2-1-5-18-14(9)13(8-11)15(20)19-12-4-3-10(7-12)16(21)22/h1-2,5-6,8,10,12H,3-4,7H2,(H,19,20)(H,21,22)/t10-,12+/m1/s1. The van der Waals surface area contributed by atoms with E-state index in [1.807, 2.05) is 6.07 Å². The molecular weight excluding hydrogens is 304 g/mol. The number of carboxylic acids is 1. The third kappa shape index (κ3) is 2.90. The van der Waals surface area contributed by atoms with Crippen LogP contribution >= 0.6 is 11.6 Å². The molecule has 1 saturated carbocycles. The highest BCUT2D eigenvalue weighted by atomic mass is 35.5. The van der Waals surface area contributed by atoms with Gasteiger partial charge in [-0.25, -0.2) is 0 Å². The lowest BCUT2D eigenvalue weighted by molar-refractivity contribution is -0.141. The van der Waals surface area contributed by atoms with Crippen LogP contribution in [0.2, 0.25) is 5.02 Å². The topological polar surface area (TPSA) is 79.3 Å². The second kappa shape index (κ2) is 5.93. The van der Waals surface area contributed by atoms with Gasteiger partial charge in [-0.2, -0.15) is 0 Å². The number of carbonyl (C=O) groups is 2. The van der Waals surface area contributed by atoms with Crippen molar-refractivity contribution in [1.82, 2.24) is 10.3 Å². The molecular formula is C16H15ClN2O3. The zero-order valence-electron chi connectivity index (χ0n) is 11.8. The van der Waals surface area contributed by atoms with Crippen molar-refractivity contribution in [1.29, 1.82) is 0 Å². The number of pyridine rings is 1. The number of halogens is 1. The molecule has 1 amide bonds. The molecule has 1 aromatic heterocycles. The van der Waals surface area contributed by atoms with Crippen LogP contribution in [0, 0.1) is 5.92 Å². The number of benzene rings is 1. The first-order chi connectivity index (χ1) is 10.5. The molecule has 5 nitrogen and oxygen atoms in total. The minimum Gasteiger partial charge on any atom is -0.481 e. The largest absolute Gasteiger partial charge is 0.481 e. The number of aliphatic carboxylic acids is 1. The van der Waals surface area contributed by atoms with Crippen molar-refractivity contribution in [2.75, 3.05) is 0 Å². The molecule has 1 heterocycles. The number of aromatic nitrogens is 1. The molecule has 2 aromatic rings. The first-order valence-corrected chi connectivity index (χ1v) is 7.50. The first kappa shape index (κ1) is 14.8. The number of rotatable bonds is 3. The smallest absolute Gasteiger partial charge is 0.306 e. The van der Waals surface area contributed by atoms with Gasteiger partial charge in [0.1, 0.15) is 0 Å². The Hall–Kier alpha value is -2.14. The van der Waals surface area contributed by atoms with Gasteiger partial charge in [0.15, 0.2) is 0 Å². The lowest BCUT2D eigenvalue weighted by atomic mass is 10.1. The van der Waals surface area contributed by atoms with Gasteiger partial charge in [-0.3, -0.25) is 14.6 Å². The summed E-state index contributed by atoms with van der Waals surface area (Å²) in [6.07, 6.45) is 3.36. The monoisotopic (exact) mass is 318 g/mol. The summed E-state index contributed by atoms with van der Waals surface area (Å²) in [7, 11) is 0. The zero-order chi connectivity index (χ0) is 15.7. The molecule has 0 unspecified atom stereocenters. The fourth-order valence-electron chi connectivity index (χ4n) is 2.93. The van der Waals surface area contributed by atoms with Crippen LogP contribution in [0.3, 0.4) is 0 Å². The number of nitrogens with zero attached hydrogens (tertiary/aromatic N) is 1. The second-order valence-electron chi connectivity index (χ2n) is 5.55. The maximum atomic E-state index is 12.5. The predicted octanol–water partition coefficient (Wildman–Crippen LogP) is 2.87. The third-order valence-corrected chi connectivity index (χ3v) is 4.25. The Morgan fingerprint density at radius 3 is 2.86 bits per heavy atom. The van der Waals surface area contributed by atoms with Crippen LogP contribution in [0.5, 0.6) is 0 Å². The quantitative estimate of drug-likeness (QED) is 0.912. The number of fused-ring (bicyclic) bond motifs is 1. The van der Waals surface area contributed by atoms with E-state index in [0.717, 1.165) is 5.39 Å². The molecule has 0 bridgehead atoms. The molecule has 0 radical (unpaired) electrons. The molecule has 6 heteroatoms. The Labute approximate surface area is 132 Å². The van der Waals surface area contributed by atoms with Crippen LogP contribution in [-0.2, 0) is 4.79 Å². The molecule has 22 heavy (non-hydrogen) atoms. The molecule has 1 aromatic carbocycles. The summed E-state index contributed by atoms with van der Waals surface area (Å²) in [6, 6.07) is 6.87. The fraction of sp³-hybridized carbons (Fsp3) is 0.312. The normalized spacial score (nSPS) is 21.0. The summed E-state index contributed by atoms with van der Waals surface area (Å²) in [5, 5.41) is 13.2. The number of hydrogen-bond donors (Lipinski definition) is 2. The van der Waals surface area contributed by atoms with Crippen molar-refractivity contribution in [2.45, 2.75) is 25.3 Å². The van der Waals surface area contributed by atoms with Gasteiger partial charge in [-0.1, -0.05) is 17.7 Å². The van der Waals surface area contributed by atoms with E-state index in [1.165, 1.54) is 0 Å². The number of carbonyl (C=O) groups excluding carboxylic acids is 1. The van der Waals surface area contributed by atoms with E-state index in [9.17, 15) is 9.59 Å². The van der Waals surface area contributed by atoms with Gasteiger partial charge < -0.3 is 10.4 Å². The average molecular weight is 319 g/mol. The minimum absolute atomic E-state index is 0.119. The average Bonchev–Trinajstić information content (AvgIpc) is 2.95. The highest BCUT2D eigenvalue weighted by molar-refractivity contribution is 6.32. The Bertz CT molecular complexity index is 747. The molecule has 2 atom stereocenters. The van der Waals surface area contributed by atoms with Crippen molar-refractivity contribution >= 4 is 34.4 Å². The van der Waals surface area contributed by atoms with Gasteiger partial charge in [0.05, 0.1) is 17.0 Å². The van der Waals surface area contributed by atoms with Crippen LogP contribution in [0.4, 0.5) is 0 Å². The fourth-order valence-corrected chi connectivity index (χ4v) is 3.16. The Morgan fingerprint density at radius 1 is 1.32 bits per heavy atom. The molecule has 3 rings (SSSR count). The van der Waals surface area contributed by atoms with E-state index >= 15 is 0 Å². The van der Waals surface area contributed by atoms with Crippen molar-refractivity contribution in [3.63, 3.8) is 0 Å². The van der Waals surface area contributed by atoms with Gasteiger partial charge in [0.25, 0.3) is 5.91 Å². The molecule has 114 valence electrons. The van der Waals surface area contributed by atoms with Crippen LogP contribution in [0.25, 0.3) is 10.9 Å². The van der Waals surface area contributed by atoms with Crippen molar-refractivity contribution in [3.8, 4) is 0 Å². The van der Waals surface area contributed by atoms with Gasteiger partial charge in [0, 0.05) is 22.6 Å². The number of hydrogen-bond acceptors (Lipinski definition) is 3. The van der Waals surface area contributed by atoms with E-state index in [4.69, 9.17) is 16.7 Å². The van der Waals surface area contributed by atoms with E-state index in [1.54, 1.807) is 24.4 Å². The summed E-state index contributed by atoms with van der Waals surface area (Å²) >= 11 is 6.06. The lowest BCUT2D eigenvalue weighted by Gasteiger charge is -2.13. The summed E-state index contributed by atoms with van der Waals surface area (Å²) < 4.78 is 0.